The summed E-state index contributed by atoms with van der Waals surface area (Å²) >= 11 is 5.98. The van der Waals surface area contributed by atoms with Crippen LogP contribution in [0.1, 0.15) is 0 Å². The van der Waals surface area contributed by atoms with Gasteiger partial charge in [-0.05, 0) is 50.5 Å². The number of aromatic nitrogens is 3. The summed E-state index contributed by atoms with van der Waals surface area (Å²) in [7, 11) is 3.94. The van der Waals surface area contributed by atoms with Crippen molar-refractivity contribution in [2.24, 2.45) is 0 Å². The monoisotopic (exact) mass is 429 g/mol. The Labute approximate surface area is 175 Å². The van der Waals surface area contributed by atoms with Crippen LogP contribution in [0.15, 0.2) is 42.6 Å². The van der Waals surface area contributed by atoms with E-state index in [1.165, 1.54) is 0 Å². The molecule has 146 valence electrons. The summed E-state index contributed by atoms with van der Waals surface area (Å²) in [5, 5.41) is 3.58. The van der Waals surface area contributed by atoms with Crippen molar-refractivity contribution in [3.63, 3.8) is 0 Å². The van der Waals surface area contributed by atoms with Gasteiger partial charge in [0.25, 0.3) is 0 Å². The predicted octanol–water partition coefficient (Wildman–Crippen LogP) is 3.27. The molecule has 0 atom stereocenters. The van der Waals surface area contributed by atoms with Crippen LogP contribution in [0.4, 0.5) is 0 Å². The largest absolute Gasteiger partial charge is 0.353 e. The maximum absolute atomic E-state index is 12.3. The Hall–Kier alpha value is -1.86. The Morgan fingerprint density at radius 3 is 2.56 bits per heavy atom. The lowest BCUT2D eigenvalue weighted by Gasteiger charge is -2.12. The van der Waals surface area contributed by atoms with Crippen LogP contribution in [0.25, 0.3) is 22.6 Å². The molecule has 1 N–H and O–H groups in total. The molecular weight excluding hydrogens is 409 g/mol. The highest BCUT2D eigenvalue weighted by molar-refractivity contribution is 6.30. The van der Waals surface area contributed by atoms with Gasteiger partial charge >= 0.3 is 0 Å². The summed E-state index contributed by atoms with van der Waals surface area (Å²) in [6, 6.07) is 11.1. The molecule has 0 aliphatic heterocycles. The summed E-state index contributed by atoms with van der Waals surface area (Å²) in [4.78, 5) is 23.4. The van der Waals surface area contributed by atoms with Gasteiger partial charge in [0.1, 0.15) is 17.9 Å². The minimum Gasteiger partial charge on any atom is -0.353 e. The number of halogens is 3. The van der Waals surface area contributed by atoms with Gasteiger partial charge in [0.15, 0.2) is 5.65 Å². The standard InChI is InChI=1S/C18H20ClN5O.2ClH/c1-23(2)11-10-20-16(25)12-24-17(13-5-7-14(19)8-6-13)22-15-4-3-9-21-18(15)24;;/h3-9H,10-12H2,1-2H3,(H,20,25);2*1H. The van der Waals surface area contributed by atoms with Crippen molar-refractivity contribution < 1.29 is 4.79 Å². The fourth-order valence-electron chi connectivity index (χ4n) is 2.55. The molecule has 3 rings (SSSR count). The number of hydrogen-bond acceptors (Lipinski definition) is 4. The molecule has 3 aromatic rings. The second-order valence-corrected chi connectivity index (χ2v) is 6.46. The van der Waals surface area contributed by atoms with E-state index in [1.54, 1.807) is 6.20 Å². The van der Waals surface area contributed by atoms with E-state index >= 15 is 0 Å². The van der Waals surface area contributed by atoms with Crippen molar-refractivity contribution in [3.8, 4) is 11.4 Å². The number of nitrogens with one attached hydrogen (secondary N) is 1. The van der Waals surface area contributed by atoms with Crippen LogP contribution in [0.2, 0.25) is 5.02 Å². The van der Waals surface area contributed by atoms with Crippen LogP contribution in [0, 0.1) is 0 Å². The second kappa shape index (κ2) is 10.5. The molecule has 1 aromatic carbocycles. The zero-order valence-electron chi connectivity index (χ0n) is 15.1. The smallest absolute Gasteiger partial charge is 0.240 e. The van der Waals surface area contributed by atoms with E-state index in [-0.39, 0.29) is 37.3 Å². The number of fused-ring (bicyclic) bond motifs is 1. The number of amides is 1. The third-order valence-corrected chi connectivity index (χ3v) is 4.04. The zero-order chi connectivity index (χ0) is 17.8. The van der Waals surface area contributed by atoms with E-state index in [0.717, 1.165) is 17.6 Å². The molecule has 0 bridgehead atoms. The fourth-order valence-corrected chi connectivity index (χ4v) is 2.67. The first kappa shape index (κ1) is 23.2. The van der Waals surface area contributed by atoms with Gasteiger partial charge < -0.3 is 10.2 Å². The molecule has 0 saturated carbocycles. The minimum atomic E-state index is -0.0676. The lowest BCUT2D eigenvalue weighted by Crippen LogP contribution is -2.33. The molecule has 0 unspecified atom stereocenters. The van der Waals surface area contributed by atoms with E-state index in [4.69, 9.17) is 11.6 Å². The maximum atomic E-state index is 12.3. The number of carbonyl (C=O) groups excluding carboxylic acids is 1. The molecule has 0 spiro atoms. The Bertz CT molecular complexity index is 880. The third kappa shape index (κ3) is 5.81. The molecule has 0 saturated heterocycles. The number of hydrogen-bond donors (Lipinski definition) is 1. The number of imidazole rings is 1. The van der Waals surface area contributed by atoms with Crippen LogP contribution < -0.4 is 5.32 Å². The van der Waals surface area contributed by atoms with Crippen LogP contribution in [0.5, 0.6) is 0 Å². The summed E-state index contributed by atoms with van der Waals surface area (Å²) in [5.74, 6) is 0.634. The van der Waals surface area contributed by atoms with Crippen LogP contribution >= 0.6 is 36.4 Å². The molecule has 0 aliphatic rings. The van der Waals surface area contributed by atoms with Crippen LogP contribution in [-0.4, -0.2) is 52.5 Å². The van der Waals surface area contributed by atoms with E-state index in [2.05, 4.69) is 15.3 Å². The SMILES string of the molecule is CN(C)CCNC(=O)Cn1c(-c2ccc(Cl)cc2)nc2cccnc21.Cl.Cl. The van der Waals surface area contributed by atoms with Gasteiger partial charge in [-0.15, -0.1) is 24.8 Å². The van der Waals surface area contributed by atoms with Crippen LogP contribution in [-0.2, 0) is 11.3 Å². The zero-order valence-corrected chi connectivity index (χ0v) is 17.4. The average Bonchev–Trinajstić information content (AvgIpc) is 2.94. The van der Waals surface area contributed by atoms with Crippen molar-refractivity contribution in [2.75, 3.05) is 27.2 Å². The Kier molecular flexibility index (Phi) is 8.99. The highest BCUT2D eigenvalue weighted by Gasteiger charge is 2.16. The number of likely N-dealkylation sites (N-methyl/N-ethyl adjacent to an activating group) is 1. The molecule has 9 heteroatoms. The van der Waals surface area contributed by atoms with Gasteiger partial charge in [-0.25, -0.2) is 9.97 Å². The highest BCUT2D eigenvalue weighted by atomic mass is 35.5. The minimum absolute atomic E-state index is 0. The van der Waals surface area contributed by atoms with Gasteiger partial charge in [0, 0.05) is 29.9 Å². The van der Waals surface area contributed by atoms with Crippen LogP contribution in [0.3, 0.4) is 0 Å². The lowest BCUT2D eigenvalue weighted by atomic mass is 10.2. The van der Waals surface area contributed by atoms with E-state index in [0.29, 0.717) is 23.0 Å². The molecule has 2 aromatic heterocycles. The average molecular weight is 431 g/mol. The Morgan fingerprint density at radius 1 is 1.19 bits per heavy atom. The lowest BCUT2D eigenvalue weighted by molar-refractivity contribution is -0.121. The van der Waals surface area contributed by atoms with Crippen molar-refractivity contribution in [1.82, 2.24) is 24.8 Å². The number of nitrogens with zero attached hydrogens (tertiary/aromatic N) is 4. The second-order valence-electron chi connectivity index (χ2n) is 6.03. The first-order chi connectivity index (χ1) is 12.0. The van der Waals surface area contributed by atoms with Crippen molar-refractivity contribution in [3.05, 3.63) is 47.6 Å². The first-order valence-corrected chi connectivity index (χ1v) is 8.41. The molecule has 1 amide bonds. The van der Waals surface area contributed by atoms with Gasteiger partial charge in [-0.3, -0.25) is 9.36 Å². The third-order valence-electron chi connectivity index (χ3n) is 3.79. The molecule has 6 nitrogen and oxygen atoms in total. The van der Waals surface area contributed by atoms with Gasteiger partial charge in [0.2, 0.25) is 5.91 Å². The fraction of sp³-hybridized carbons (Fsp3) is 0.278. The van der Waals surface area contributed by atoms with Crippen molar-refractivity contribution >= 4 is 53.5 Å². The van der Waals surface area contributed by atoms with Gasteiger partial charge in [-0.2, -0.15) is 0 Å². The van der Waals surface area contributed by atoms with Gasteiger partial charge in [0.05, 0.1) is 0 Å². The molecule has 0 radical (unpaired) electrons. The normalized spacial score (nSPS) is 10.4. The summed E-state index contributed by atoms with van der Waals surface area (Å²) in [5.41, 5.74) is 2.34. The number of benzene rings is 1. The maximum Gasteiger partial charge on any atom is 0.240 e. The summed E-state index contributed by atoms with van der Waals surface area (Å²) in [6.07, 6.45) is 1.70. The molecule has 0 fully saturated rings. The van der Waals surface area contributed by atoms with Crippen molar-refractivity contribution in [2.45, 2.75) is 6.54 Å². The Morgan fingerprint density at radius 2 is 1.89 bits per heavy atom. The molecule has 27 heavy (non-hydrogen) atoms. The van der Waals surface area contributed by atoms with Crippen molar-refractivity contribution in [1.29, 1.82) is 0 Å². The van der Waals surface area contributed by atoms with Gasteiger partial charge in [-0.1, -0.05) is 11.6 Å². The topological polar surface area (TPSA) is 63.1 Å². The first-order valence-electron chi connectivity index (χ1n) is 8.03. The quantitative estimate of drug-likeness (QED) is 0.652. The number of carbonyl (C=O) groups is 1. The summed E-state index contributed by atoms with van der Waals surface area (Å²) in [6.45, 7) is 1.56. The van der Waals surface area contributed by atoms with E-state index in [1.807, 2.05) is 60.0 Å². The molecule has 2 heterocycles. The number of rotatable bonds is 6. The Balaban J connectivity index is 0.00000182. The summed E-state index contributed by atoms with van der Waals surface area (Å²) < 4.78 is 1.84. The number of pyridine rings is 1. The van der Waals surface area contributed by atoms with E-state index in [9.17, 15) is 4.79 Å². The molecule has 0 aliphatic carbocycles. The molecular formula is C18H22Cl3N5O. The van der Waals surface area contributed by atoms with E-state index < -0.39 is 0 Å². The predicted molar refractivity (Wildman–Crippen MR) is 114 cm³/mol. The highest BCUT2D eigenvalue weighted by Crippen LogP contribution is 2.24.